The number of nitrogens with zero attached hydrogens (tertiary/aromatic N) is 1. The number of amides is 1. The molecule has 0 saturated heterocycles. The van der Waals surface area contributed by atoms with Gasteiger partial charge >= 0.3 is 0 Å². The van der Waals surface area contributed by atoms with E-state index in [0.717, 1.165) is 28.4 Å². The van der Waals surface area contributed by atoms with Crippen molar-refractivity contribution in [2.45, 2.75) is 0 Å². The molecule has 17 heavy (non-hydrogen) atoms. The molecule has 1 heterocycles. The Labute approximate surface area is 117 Å². The molecule has 0 radical (unpaired) electrons. The van der Waals surface area contributed by atoms with Crippen LogP contribution in [0.4, 0.5) is 10.5 Å². The average Bonchev–Trinajstić information content (AvgIpc) is 2.76. The summed E-state index contributed by atoms with van der Waals surface area (Å²) in [7, 11) is 0. The lowest BCUT2D eigenvalue weighted by atomic mass is 10.3. The van der Waals surface area contributed by atoms with Gasteiger partial charge in [0.15, 0.2) is 0 Å². The Bertz CT molecular complexity index is 479. The first kappa shape index (κ1) is 13.1. The van der Waals surface area contributed by atoms with Gasteiger partial charge in [-0.3, -0.25) is 9.79 Å². The van der Waals surface area contributed by atoms with Crippen LogP contribution in [0.15, 0.2) is 23.2 Å². The molecule has 1 amide bonds. The summed E-state index contributed by atoms with van der Waals surface area (Å²) in [4.78, 5) is 15.8. The summed E-state index contributed by atoms with van der Waals surface area (Å²) < 4.78 is 0.808. The third-order valence-corrected chi connectivity index (χ3v) is 4.60. The number of rotatable bonds is 1. The number of hydrogen-bond donors (Lipinski definition) is 1. The van der Waals surface area contributed by atoms with Gasteiger partial charge in [-0.25, -0.2) is 0 Å². The van der Waals surface area contributed by atoms with Crippen LogP contribution in [0.1, 0.15) is 0 Å². The second-order valence-electron chi connectivity index (χ2n) is 3.14. The Balaban J connectivity index is 1.95. The molecule has 1 aliphatic rings. The van der Waals surface area contributed by atoms with E-state index in [1.54, 1.807) is 30.0 Å². The van der Waals surface area contributed by atoms with E-state index in [2.05, 4.69) is 10.3 Å². The number of carbonyl (C=O) groups is 1. The molecular weight excluding hydrogens is 299 g/mol. The minimum atomic E-state index is -0.170. The van der Waals surface area contributed by atoms with Gasteiger partial charge in [0.1, 0.15) is 4.38 Å². The van der Waals surface area contributed by atoms with Crippen molar-refractivity contribution in [3.63, 3.8) is 0 Å². The molecule has 0 fully saturated rings. The summed E-state index contributed by atoms with van der Waals surface area (Å²) in [5.74, 6) is 0.947. The number of hydrogen-bond acceptors (Lipinski definition) is 4. The lowest BCUT2D eigenvalue weighted by molar-refractivity contribution is 0.270. The molecule has 3 nitrogen and oxygen atoms in total. The fourth-order valence-electron chi connectivity index (χ4n) is 1.17. The van der Waals surface area contributed by atoms with Crippen molar-refractivity contribution in [2.24, 2.45) is 4.99 Å². The highest BCUT2D eigenvalue weighted by molar-refractivity contribution is 8.45. The molecule has 0 bridgehead atoms. The van der Waals surface area contributed by atoms with E-state index in [0.29, 0.717) is 15.7 Å². The van der Waals surface area contributed by atoms with E-state index in [1.807, 2.05) is 0 Å². The number of anilines is 1. The lowest BCUT2D eigenvalue weighted by Crippen LogP contribution is -2.06. The Kier molecular flexibility index (Phi) is 4.62. The molecule has 1 aromatic rings. The highest BCUT2D eigenvalue weighted by Crippen LogP contribution is 2.27. The van der Waals surface area contributed by atoms with Crippen LogP contribution in [0.25, 0.3) is 0 Å². The van der Waals surface area contributed by atoms with Crippen molar-refractivity contribution in [1.29, 1.82) is 0 Å². The maximum absolute atomic E-state index is 11.6. The van der Waals surface area contributed by atoms with Crippen molar-refractivity contribution < 1.29 is 4.79 Å². The van der Waals surface area contributed by atoms with Gasteiger partial charge in [-0.05, 0) is 30.0 Å². The molecule has 1 N–H and O–H groups in total. The van der Waals surface area contributed by atoms with Crippen molar-refractivity contribution >= 4 is 62.0 Å². The van der Waals surface area contributed by atoms with Gasteiger partial charge in [-0.2, -0.15) is 0 Å². The van der Waals surface area contributed by atoms with Gasteiger partial charge < -0.3 is 5.32 Å². The molecule has 0 unspecified atom stereocenters. The van der Waals surface area contributed by atoms with Crippen molar-refractivity contribution in [3.8, 4) is 0 Å². The quantitative estimate of drug-likeness (QED) is 0.838. The minimum Gasteiger partial charge on any atom is -0.316 e. The zero-order valence-corrected chi connectivity index (χ0v) is 11.7. The van der Waals surface area contributed by atoms with Gasteiger partial charge in [0.2, 0.25) is 0 Å². The predicted octanol–water partition coefficient (Wildman–Crippen LogP) is 4.36. The fraction of sp³-hybridized carbons (Fsp3) is 0.200. The highest BCUT2D eigenvalue weighted by Gasteiger charge is 2.13. The van der Waals surface area contributed by atoms with Crippen molar-refractivity contribution in [3.05, 3.63) is 28.2 Å². The van der Waals surface area contributed by atoms with Gasteiger partial charge in [-0.1, -0.05) is 35.0 Å². The zero-order chi connectivity index (χ0) is 12.3. The number of halogens is 2. The van der Waals surface area contributed by atoms with Crippen LogP contribution in [0, 0.1) is 0 Å². The number of carbonyl (C=O) groups excluding carboxylic acids is 1. The Morgan fingerprint density at radius 3 is 2.88 bits per heavy atom. The lowest BCUT2D eigenvalue weighted by Gasteiger charge is -2.05. The smallest absolute Gasteiger partial charge is 0.290 e. The monoisotopic (exact) mass is 306 g/mol. The zero-order valence-electron chi connectivity index (χ0n) is 8.57. The number of thioether (sulfide) groups is 2. The summed E-state index contributed by atoms with van der Waals surface area (Å²) in [6, 6.07) is 4.97. The van der Waals surface area contributed by atoms with Crippen LogP contribution >= 0.6 is 46.7 Å². The third-order valence-electron chi connectivity index (χ3n) is 1.90. The van der Waals surface area contributed by atoms with Crippen LogP contribution in [0.2, 0.25) is 10.0 Å². The summed E-state index contributed by atoms with van der Waals surface area (Å²) in [6.07, 6.45) is 0. The highest BCUT2D eigenvalue weighted by atomic mass is 35.5. The van der Waals surface area contributed by atoms with Crippen LogP contribution in [0.5, 0.6) is 0 Å². The van der Waals surface area contributed by atoms with Crippen LogP contribution in [-0.4, -0.2) is 21.9 Å². The number of aliphatic imine (C=N–C) groups is 1. The predicted molar refractivity (Wildman–Crippen MR) is 77.8 cm³/mol. The number of benzene rings is 1. The van der Waals surface area contributed by atoms with Crippen molar-refractivity contribution in [1.82, 2.24) is 0 Å². The minimum absolute atomic E-state index is 0.170. The maximum atomic E-state index is 11.6. The summed E-state index contributed by atoms with van der Waals surface area (Å²) in [6.45, 7) is 0.785. The fourth-order valence-corrected chi connectivity index (χ4v) is 3.21. The molecule has 0 saturated carbocycles. The van der Waals surface area contributed by atoms with Crippen molar-refractivity contribution in [2.75, 3.05) is 17.6 Å². The molecule has 90 valence electrons. The molecular formula is C10H8Cl2N2OS2. The molecule has 7 heteroatoms. The van der Waals surface area contributed by atoms with E-state index in [9.17, 15) is 4.79 Å². The normalized spacial score (nSPS) is 14.6. The topological polar surface area (TPSA) is 41.5 Å². The largest absolute Gasteiger partial charge is 0.316 e. The second kappa shape index (κ2) is 6.00. The molecule has 1 aliphatic heterocycles. The Morgan fingerprint density at radius 1 is 1.41 bits per heavy atom. The first-order valence-electron chi connectivity index (χ1n) is 4.76. The van der Waals surface area contributed by atoms with Crippen LogP contribution in [-0.2, 0) is 0 Å². The third kappa shape index (κ3) is 3.81. The Morgan fingerprint density at radius 2 is 2.24 bits per heavy atom. The molecule has 2 rings (SSSR count). The van der Waals surface area contributed by atoms with E-state index < -0.39 is 0 Å². The van der Waals surface area contributed by atoms with E-state index in [-0.39, 0.29) is 5.24 Å². The van der Waals surface area contributed by atoms with E-state index in [1.165, 1.54) is 0 Å². The number of nitrogens with one attached hydrogen (secondary N) is 1. The van der Waals surface area contributed by atoms with Gasteiger partial charge in [0.25, 0.3) is 5.24 Å². The molecule has 0 aromatic heterocycles. The summed E-state index contributed by atoms with van der Waals surface area (Å²) in [5.41, 5.74) is 0.625. The van der Waals surface area contributed by atoms with Gasteiger partial charge in [0, 0.05) is 11.4 Å². The van der Waals surface area contributed by atoms with E-state index in [4.69, 9.17) is 23.2 Å². The second-order valence-corrected chi connectivity index (χ2v) is 6.26. The van der Waals surface area contributed by atoms with Crippen LogP contribution in [0.3, 0.4) is 0 Å². The van der Waals surface area contributed by atoms with Gasteiger partial charge in [0.05, 0.1) is 16.6 Å². The Hall–Kier alpha value is -0.360. The van der Waals surface area contributed by atoms with E-state index >= 15 is 0 Å². The molecule has 0 aliphatic carbocycles. The average molecular weight is 307 g/mol. The molecule has 0 atom stereocenters. The standard InChI is InChI=1S/C10H8Cl2N2OS2/c11-7-2-1-6(5-8(7)12)14-9(15)17-10-13-3-4-16-10/h1-2,5H,3-4H2,(H,14,15). The summed E-state index contributed by atoms with van der Waals surface area (Å²) >= 11 is 14.3. The summed E-state index contributed by atoms with van der Waals surface area (Å²) in [5, 5.41) is 3.44. The first-order chi connectivity index (χ1) is 8.15. The van der Waals surface area contributed by atoms with Crippen LogP contribution < -0.4 is 5.32 Å². The SMILES string of the molecule is O=C(Nc1ccc(Cl)c(Cl)c1)SC1=NCCS1. The molecule has 1 aromatic carbocycles. The maximum Gasteiger partial charge on any atom is 0.290 e. The first-order valence-corrected chi connectivity index (χ1v) is 7.32. The molecule has 0 spiro atoms. The van der Waals surface area contributed by atoms with Gasteiger partial charge in [-0.15, -0.1) is 0 Å².